The van der Waals surface area contributed by atoms with Gasteiger partial charge in [0.2, 0.25) is 0 Å². The molecule has 0 saturated carbocycles. The van der Waals surface area contributed by atoms with E-state index in [4.69, 9.17) is 5.11 Å². The van der Waals surface area contributed by atoms with Crippen molar-refractivity contribution in [2.45, 2.75) is 39.8 Å². The number of carbonyl (C=O) groups is 1. The van der Waals surface area contributed by atoms with Crippen molar-refractivity contribution in [3.05, 3.63) is 17.0 Å². The second-order valence-electron chi connectivity index (χ2n) is 4.16. The number of hydrogen-bond donors (Lipinski definition) is 2. The predicted octanol–water partition coefficient (Wildman–Crippen LogP) is 1.16. The van der Waals surface area contributed by atoms with Gasteiger partial charge in [0.1, 0.15) is 6.04 Å². The summed E-state index contributed by atoms with van der Waals surface area (Å²) >= 11 is 0. The smallest absolute Gasteiger partial charge is 0.320 e. The quantitative estimate of drug-likeness (QED) is 0.807. The lowest BCUT2D eigenvalue weighted by Gasteiger charge is -2.17. The van der Waals surface area contributed by atoms with Crippen LogP contribution in [0.5, 0.6) is 0 Å². The van der Waals surface area contributed by atoms with E-state index >= 15 is 0 Å². The molecular formula is C11H19N3O2. The largest absolute Gasteiger partial charge is 0.480 e. The van der Waals surface area contributed by atoms with E-state index in [-0.39, 0.29) is 6.04 Å². The minimum absolute atomic E-state index is 0.0141. The zero-order valence-electron chi connectivity index (χ0n) is 10.4. The third kappa shape index (κ3) is 2.41. The number of rotatable bonds is 4. The zero-order chi connectivity index (χ0) is 12.5. The lowest BCUT2D eigenvalue weighted by atomic mass is 10.1. The van der Waals surface area contributed by atoms with Crippen molar-refractivity contribution < 1.29 is 9.90 Å². The molecule has 90 valence electrons. The fraction of sp³-hybridized carbons (Fsp3) is 0.636. The van der Waals surface area contributed by atoms with E-state index in [9.17, 15) is 4.79 Å². The van der Waals surface area contributed by atoms with E-state index in [0.717, 1.165) is 17.0 Å². The van der Waals surface area contributed by atoms with Gasteiger partial charge in [-0.15, -0.1) is 0 Å². The highest BCUT2D eigenvalue weighted by molar-refractivity contribution is 5.72. The summed E-state index contributed by atoms with van der Waals surface area (Å²) in [6.45, 7) is 7.52. The fourth-order valence-electron chi connectivity index (χ4n) is 1.95. The molecular weight excluding hydrogens is 206 g/mol. The highest BCUT2D eigenvalue weighted by Gasteiger charge is 2.20. The van der Waals surface area contributed by atoms with Crippen LogP contribution in [-0.2, 0) is 11.8 Å². The van der Waals surface area contributed by atoms with Crippen LogP contribution in [0.25, 0.3) is 0 Å². The summed E-state index contributed by atoms with van der Waals surface area (Å²) in [5.41, 5.74) is 3.09. The van der Waals surface area contributed by atoms with Crippen molar-refractivity contribution in [1.82, 2.24) is 15.1 Å². The normalized spacial score (nSPS) is 14.8. The highest BCUT2D eigenvalue weighted by Crippen LogP contribution is 2.20. The lowest BCUT2D eigenvalue weighted by Crippen LogP contribution is -2.35. The van der Waals surface area contributed by atoms with Gasteiger partial charge in [-0.25, -0.2) is 0 Å². The summed E-state index contributed by atoms with van der Waals surface area (Å²) in [4.78, 5) is 10.8. The van der Waals surface area contributed by atoms with E-state index in [1.165, 1.54) is 0 Å². The number of carboxylic acids is 1. The molecule has 5 heteroatoms. The predicted molar refractivity (Wildman–Crippen MR) is 61.3 cm³/mol. The van der Waals surface area contributed by atoms with Crippen LogP contribution >= 0.6 is 0 Å². The first kappa shape index (κ1) is 12.7. The molecule has 0 saturated heterocycles. The molecule has 1 aromatic rings. The standard InChI is InChI=1S/C11H19N3O2/c1-6(12-8(3)11(15)16)10-7(2)13-14(5)9(10)4/h6,8,12H,1-5H3,(H,15,16). The highest BCUT2D eigenvalue weighted by atomic mass is 16.4. The Labute approximate surface area is 95.5 Å². The number of aryl methyl sites for hydroxylation is 2. The van der Waals surface area contributed by atoms with E-state index < -0.39 is 12.0 Å². The Bertz CT molecular complexity index is 398. The van der Waals surface area contributed by atoms with Crippen molar-refractivity contribution >= 4 is 5.97 Å². The molecule has 0 aliphatic rings. The van der Waals surface area contributed by atoms with Gasteiger partial charge < -0.3 is 5.11 Å². The Morgan fingerprint density at radius 3 is 2.38 bits per heavy atom. The van der Waals surface area contributed by atoms with Crippen LogP contribution < -0.4 is 5.32 Å². The van der Waals surface area contributed by atoms with Gasteiger partial charge in [0.05, 0.1) is 5.69 Å². The van der Waals surface area contributed by atoms with Gasteiger partial charge in [-0.1, -0.05) is 0 Å². The number of nitrogens with one attached hydrogen (secondary N) is 1. The molecule has 0 aliphatic carbocycles. The lowest BCUT2D eigenvalue weighted by molar-refractivity contribution is -0.139. The topological polar surface area (TPSA) is 67.2 Å². The summed E-state index contributed by atoms with van der Waals surface area (Å²) < 4.78 is 1.81. The Kier molecular flexibility index (Phi) is 3.70. The van der Waals surface area contributed by atoms with Crippen LogP contribution in [0, 0.1) is 13.8 Å². The van der Waals surface area contributed by atoms with E-state index in [2.05, 4.69) is 10.4 Å². The van der Waals surface area contributed by atoms with Gasteiger partial charge in [0, 0.05) is 24.3 Å². The number of hydrogen-bond acceptors (Lipinski definition) is 3. The van der Waals surface area contributed by atoms with Crippen molar-refractivity contribution in [2.24, 2.45) is 7.05 Å². The Hall–Kier alpha value is -1.36. The molecule has 0 fully saturated rings. The minimum atomic E-state index is -0.842. The molecule has 0 amide bonds. The van der Waals surface area contributed by atoms with Crippen molar-refractivity contribution in [1.29, 1.82) is 0 Å². The Balaban J connectivity index is 2.88. The van der Waals surface area contributed by atoms with E-state index in [1.54, 1.807) is 6.92 Å². The summed E-state index contributed by atoms with van der Waals surface area (Å²) in [6.07, 6.45) is 0. The minimum Gasteiger partial charge on any atom is -0.480 e. The molecule has 0 bridgehead atoms. The Morgan fingerprint density at radius 2 is 2.00 bits per heavy atom. The van der Waals surface area contributed by atoms with Gasteiger partial charge in [-0.05, 0) is 27.7 Å². The number of nitrogens with zero attached hydrogens (tertiary/aromatic N) is 2. The maximum absolute atomic E-state index is 10.8. The van der Waals surface area contributed by atoms with Gasteiger partial charge in [0.15, 0.2) is 0 Å². The number of carboxylic acid groups (broad SMARTS) is 1. The van der Waals surface area contributed by atoms with Crippen molar-refractivity contribution in [3.63, 3.8) is 0 Å². The molecule has 0 aromatic carbocycles. The molecule has 1 heterocycles. The van der Waals surface area contributed by atoms with E-state index in [1.807, 2.05) is 32.5 Å². The molecule has 16 heavy (non-hydrogen) atoms. The summed E-state index contributed by atoms with van der Waals surface area (Å²) in [5, 5.41) is 16.2. The molecule has 2 unspecified atom stereocenters. The zero-order valence-corrected chi connectivity index (χ0v) is 10.4. The van der Waals surface area contributed by atoms with Crippen LogP contribution in [0.2, 0.25) is 0 Å². The van der Waals surface area contributed by atoms with Gasteiger partial charge in [0.25, 0.3) is 0 Å². The first-order valence-electron chi connectivity index (χ1n) is 5.33. The maximum atomic E-state index is 10.8. The maximum Gasteiger partial charge on any atom is 0.320 e. The van der Waals surface area contributed by atoms with Gasteiger partial charge >= 0.3 is 5.97 Å². The first-order chi connectivity index (χ1) is 7.34. The van der Waals surface area contributed by atoms with Gasteiger partial charge in [-0.2, -0.15) is 5.10 Å². The second kappa shape index (κ2) is 4.65. The molecule has 2 N–H and O–H groups in total. The van der Waals surface area contributed by atoms with Crippen LogP contribution in [0.1, 0.15) is 36.8 Å². The van der Waals surface area contributed by atoms with E-state index in [0.29, 0.717) is 0 Å². The average Bonchev–Trinajstić information content (AvgIpc) is 2.40. The summed E-state index contributed by atoms with van der Waals surface area (Å²) in [7, 11) is 1.89. The van der Waals surface area contributed by atoms with Crippen molar-refractivity contribution in [2.75, 3.05) is 0 Å². The molecule has 0 aliphatic heterocycles. The molecule has 1 aromatic heterocycles. The monoisotopic (exact) mass is 225 g/mol. The summed E-state index contributed by atoms with van der Waals surface area (Å²) in [5.74, 6) is -0.842. The number of aromatic nitrogens is 2. The van der Waals surface area contributed by atoms with Crippen LogP contribution in [-0.4, -0.2) is 26.9 Å². The van der Waals surface area contributed by atoms with Crippen LogP contribution in [0.3, 0.4) is 0 Å². The number of aliphatic carboxylic acids is 1. The Morgan fingerprint density at radius 1 is 1.44 bits per heavy atom. The second-order valence-corrected chi connectivity index (χ2v) is 4.16. The SMILES string of the molecule is Cc1nn(C)c(C)c1C(C)NC(C)C(=O)O. The van der Waals surface area contributed by atoms with Crippen molar-refractivity contribution in [3.8, 4) is 0 Å². The molecule has 0 radical (unpaired) electrons. The van der Waals surface area contributed by atoms with Crippen LogP contribution in [0.15, 0.2) is 0 Å². The molecule has 0 spiro atoms. The molecule has 1 rings (SSSR count). The molecule has 5 nitrogen and oxygen atoms in total. The average molecular weight is 225 g/mol. The molecule has 2 atom stereocenters. The third-order valence-corrected chi connectivity index (χ3v) is 2.87. The van der Waals surface area contributed by atoms with Crippen LogP contribution in [0.4, 0.5) is 0 Å². The fourth-order valence-corrected chi connectivity index (χ4v) is 1.95. The first-order valence-corrected chi connectivity index (χ1v) is 5.33. The van der Waals surface area contributed by atoms with Gasteiger partial charge in [-0.3, -0.25) is 14.8 Å². The third-order valence-electron chi connectivity index (χ3n) is 2.87. The summed E-state index contributed by atoms with van der Waals surface area (Å²) in [6, 6.07) is -0.575.